The van der Waals surface area contributed by atoms with Crippen LogP contribution in [0.3, 0.4) is 0 Å². The van der Waals surface area contributed by atoms with E-state index in [1.807, 2.05) is 48.2 Å². The highest BCUT2D eigenvalue weighted by molar-refractivity contribution is 6.01. The van der Waals surface area contributed by atoms with Gasteiger partial charge < -0.3 is 5.73 Å². The quantitative estimate of drug-likeness (QED) is 0.770. The number of allylic oxidation sites excluding steroid dienone is 3. The second-order valence-corrected chi connectivity index (χ2v) is 9.05. The first-order valence-corrected chi connectivity index (χ1v) is 10.3. The van der Waals surface area contributed by atoms with Gasteiger partial charge in [0.2, 0.25) is 0 Å². The van der Waals surface area contributed by atoms with E-state index < -0.39 is 5.92 Å². The lowest BCUT2D eigenvalue weighted by atomic mass is 9.68. The van der Waals surface area contributed by atoms with Gasteiger partial charge in [-0.15, -0.1) is 0 Å². The summed E-state index contributed by atoms with van der Waals surface area (Å²) in [5.41, 5.74) is 11.5. The monoisotopic (exact) mass is 408 g/mol. The predicted molar refractivity (Wildman–Crippen MR) is 119 cm³/mol. The summed E-state index contributed by atoms with van der Waals surface area (Å²) < 4.78 is 0. The van der Waals surface area contributed by atoms with Crippen LogP contribution < -0.4 is 10.6 Å². The SMILES string of the molecule is Cc1ccc(N2C(N)=C(C#N)C(c3ccc(C#N)cc3)C3=C2CC(C)(C)CC3=O)cc1. The van der Waals surface area contributed by atoms with Gasteiger partial charge in [-0.1, -0.05) is 43.7 Å². The largest absolute Gasteiger partial charge is 0.384 e. The van der Waals surface area contributed by atoms with Gasteiger partial charge in [0.1, 0.15) is 5.82 Å². The van der Waals surface area contributed by atoms with Crippen molar-refractivity contribution in [1.82, 2.24) is 0 Å². The van der Waals surface area contributed by atoms with Gasteiger partial charge in [0.05, 0.1) is 29.2 Å². The summed E-state index contributed by atoms with van der Waals surface area (Å²) in [5.74, 6) is -0.138. The minimum absolute atomic E-state index is 0.0398. The van der Waals surface area contributed by atoms with Crippen LogP contribution in [0, 0.1) is 35.0 Å². The molecule has 0 amide bonds. The van der Waals surface area contributed by atoms with Gasteiger partial charge in [0, 0.05) is 23.4 Å². The van der Waals surface area contributed by atoms with E-state index in [1.54, 1.807) is 12.1 Å². The molecule has 1 heterocycles. The maximum absolute atomic E-state index is 13.4. The minimum Gasteiger partial charge on any atom is -0.384 e. The van der Waals surface area contributed by atoms with Crippen LogP contribution in [0.25, 0.3) is 0 Å². The molecule has 2 N–H and O–H groups in total. The van der Waals surface area contributed by atoms with Crippen molar-refractivity contribution >= 4 is 11.5 Å². The Hall–Kier alpha value is -3.83. The van der Waals surface area contributed by atoms with Crippen LogP contribution in [0.2, 0.25) is 0 Å². The summed E-state index contributed by atoms with van der Waals surface area (Å²) in [7, 11) is 0. The average molecular weight is 409 g/mol. The zero-order valence-corrected chi connectivity index (χ0v) is 17.9. The van der Waals surface area contributed by atoms with Gasteiger partial charge in [-0.25, -0.2) is 0 Å². The second-order valence-electron chi connectivity index (χ2n) is 9.05. The fourth-order valence-electron chi connectivity index (χ4n) is 4.58. The topological polar surface area (TPSA) is 93.9 Å². The molecule has 5 heteroatoms. The fraction of sp³-hybridized carbons (Fsp3) is 0.269. The number of aryl methyl sites for hydroxylation is 1. The fourth-order valence-corrected chi connectivity index (χ4v) is 4.58. The standard InChI is InChI=1S/C26H24N4O/c1-16-4-10-19(11-5-16)30-21-12-26(2,3)13-22(31)24(21)23(20(15-28)25(30)29)18-8-6-17(14-27)7-9-18/h4-11,23H,12-13,29H2,1-3H3. The van der Waals surface area contributed by atoms with Crippen molar-refractivity contribution in [3.8, 4) is 12.1 Å². The van der Waals surface area contributed by atoms with Gasteiger partial charge in [-0.05, 0) is 48.6 Å². The summed E-state index contributed by atoms with van der Waals surface area (Å²) in [6.45, 7) is 6.18. The highest BCUT2D eigenvalue weighted by Crippen LogP contribution is 2.50. The summed E-state index contributed by atoms with van der Waals surface area (Å²) in [6, 6.07) is 19.4. The number of hydrogen-bond donors (Lipinski definition) is 1. The first kappa shape index (κ1) is 20.4. The molecule has 4 rings (SSSR count). The Morgan fingerprint density at radius 1 is 1.00 bits per heavy atom. The first-order valence-electron chi connectivity index (χ1n) is 10.3. The molecular formula is C26H24N4O. The molecular weight excluding hydrogens is 384 g/mol. The van der Waals surface area contributed by atoms with Crippen molar-refractivity contribution < 1.29 is 4.79 Å². The molecule has 1 unspecified atom stereocenters. The average Bonchev–Trinajstić information content (AvgIpc) is 2.73. The Labute approximate surface area is 182 Å². The molecule has 1 atom stereocenters. The molecule has 2 aromatic rings. The molecule has 0 saturated carbocycles. The lowest BCUT2D eigenvalue weighted by molar-refractivity contribution is -0.118. The molecule has 0 spiro atoms. The number of anilines is 1. The summed E-state index contributed by atoms with van der Waals surface area (Å²) >= 11 is 0. The number of rotatable bonds is 2. The Morgan fingerprint density at radius 3 is 2.23 bits per heavy atom. The molecule has 0 radical (unpaired) electrons. The van der Waals surface area contributed by atoms with E-state index in [2.05, 4.69) is 26.0 Å². The molecule has 2 aromatic carbocycles. The Morgan fingerprint density at radius 2 is 1.65 bits per heavy atom. The van der Waals surface area contributed by atoms with E-state index in [4.69, 9.17) is 11.0 Å². The molecule has 1 aliphatic heterocycles. The van der Waals surface area contributed by atoms with Crippen molar-refractivity contribution in [2.75, 3.05) is 4.90 Å². The smallest absolute Gasteiger partial charge is 0.162 e. The van der Waals surface area contributed by atoms with Crippen LogP contribution in [0.15, 0.2) is 71.2 Å². The number of ketones is 1. The third-order valence-electron chi connectivity index (χ3n) is 6.05. The van der Waals surface area contributed by atoms with Crippen LogP contribution in [-0.2, 0) is 4.79 Å². The Balaban J connectivity index is 1.97. The van der Waals surface area contributed by atoms with Crippen LogP contribution in [-0.4, -0.2) is 5.78 Å². The van der Waals surface area contributed by atoms with Crippen LogP contribution in [0.5, 0.6) is 0 Å². The third kappa shape index (κ3) is 3.49. The van der Waals surface area contributed by atoms with E-state index >= 15 is 0 Å². The van der Waals surface area contributed by atoms with Gasteiger partial charge in [-0.2, -0.15) is 10.5 Å². The summed E-state index contributed by atoms with van der Waals surface area (Å²) in [4.78, 5) is 15.3. The molecule has 31 heavy (non-hydrogen) atoms. The van der Waals surface area contributed by atoms with Gasteiger partial charge in [-0.3, -0.25) is 9.69 Å². The highest BCUT2D eigenvalue weighted by atomic mass is 16.1. The molecule has 0 aromatic heterocycles. The zero-order valence-electron chi connectivity index (χ0n) is 17.9. The molecule has 154 valence electrons. The van der Waals surface area contributed by atoms with Crippen LogP contribution in [0.4, 0.5) is 5.69 Å². The minimum atomic E-state index is -0.530. The third-order valence-corrected chi connectivity index (χ3v) is 6.05. The van der Waals surface area contributed by atoms with Gasteiger partial charge >= 0.3 is 0 Å². The normalized spacial score (nSPS) is 20.2. The molecule has 2 aliphatic rings. The predicted octanol–water partition coefficient (Wildman–Crippen LogP) is 4.81. The van der Waals surface area contributed by atoms with E-state index in [1.165, 1.54) is 0 Å². The molecule has 5 nitrogen and oxygen atoms in total. The van der Waals surface area contributed by atoms with E-state index in [0.29, 0.717) is 35.4 Å². The van der Waals surface area contributed by atoms with Crippen molar-refractivity contribution in [2.24, 2.45) is 11.1 Å². The highest BCUT2D eigenvalue weighted by Gasteiger charge is 2.44. The van der Waals surface area contributed by atoms with E-state index in [-0.39, 0.29) is 11.2 Å². The maximum atomic E-state index is 13.4. The van der Waals surface area contributed by atoms with Crippen molar-refractivity contribution in [3.63, 3.8) is 0 Å². The van der Waals surface area contributed by atoms with Gasteiger partial charge in [0.15, 0.2) is 5.78 Å². The number of Topliss-reactive ketones (excluding diaryl/α,β-unsaturated/α-hetero) is 1. The second kappa shape index (κ2) is 7.45. The lowest BCUT2D eigenvalue weighted by Crippen LogP contribution is -2.42. The molecule has 0 fully saturated rings. The van der Waals surface area contributed by atoms with Crippen molar-refractivity contribution in [1.29, 1.82) is 10.5 Å². The van der Waals surface area contributed by atoms with Crippen LogP contribution >= 0.6 is 0 Å². The zero-order chi connectivity index (χ0) is 22.3. The molecule has 1 aliphatic carbocycles. The van der Waals surface area contributed by atoms with Gasteiger partial charge in [0.25, 0.3) is 0 Å². The Kier molecular flexibility index (Phi) is 4.91. The van der Waals surface area contributed by atoms with E-state index in [9.17, 15) is 10.1 Å². The number of benzene rings is 2. The number of nitrogens with two attached hydrogens (primary N) is 1. The summed E-state index contributed by atoms with van der Waals surface area (Å²) in [5, 5.41) is 19.2. The number of carbonyl (C=O) groups excluding carboxylic acids is 1. The first-order chi connectivity index (χ1) is 14.8. The molecule has 0 bridgehead atoms. The number of nitrogens with zero attached hydrogens (tertiary/aromatic N) is 3. The van der Waals surface area contributed by atoms with Crippen molar-refractivity contribution in [3.05, 3.63) is 87.9 Å². The number of carbonyl (C=O) groups is 1. The maximum Gasteiger partial charge on any atom is 0.162 e. The number of nitriles is 2. The lowest BCUT2D eigenvalue weighted by Gasteiger charge is -2.43. The Bertz CT molecular complexity index is 1200. The van der Waals surface area contributed by atoms with Crippen molar-refractivity contribution in [2.45, 2.75) is 39.5 Å². The molecule has 0 saturated heterocycles. The van der Waals surface area contributed by atoms with E-state index in [0.717, 1.165) is 22.5 Å². The van der Waals surface area contributed by atoms with Crippen LogP contribution in [0.1, 0.15) is 49.3 Å². The summed E-state index contributed by atoms with van der Waals surface area (Å²) in [6.07, 6.45) is 1.09. The number of hydrogen-bond acceptors (Lipinski definition) is 5.